The summed E-state index contributed by atoms with van der Waals surface area (Å²) < 4.78 is 11.5. The number of nitrogens with zero attached hydrogens (tertiary/aromatic N) is 10. The van der Waals surface area contributed by atoms with Gasteiger partial charge in [0.15, 0.2) is 11.6 Å². The number of aliphatic hydroxyl groups is 2. The molecular formula is C22H22N10O4. The molecule has 0 saturated heterocycles. The number of hydrogen-bond acceptors (Lipinski definition) is 12. The Balaban J connectivity index is 0.000000201. The van der Waals surface area contributed by atoms with Gasteiger partial charge in [-0.3, -0.25) is 0 Å². The number of ether oxygens (including phenoxy) is 2. The first-order valence-electron chi connectivity index (χ1n) is 10.3. The van der Waals surface area contributed by atoms with E-state index in [9.17, 15) is 0 Å². The number of rotatable bonds is 6. The van der Waals surface area contributed by atoms with Crippen LogP contribution >= 0.6 is 0 Å². The van der Waals surface area contributed by atoms with Gasteiger partial charge >= 0.3 is 0 Å². The zero-order chi connectivity index (χ0) is 26.2. The lowest BCUT2D eigenvalue weighted by atomic mass is 10.1. The van der Waals surface area contributed by atoms with Crippen LogP contribution in [-0.4, -0.2) is 64.4 Å². The first kappa shape index (κ1) is 25.7. The topological polar surface area (TPSA) is 194 Å². The summed E-state index contributed by atoms with van der Waals surface area (Å²) in [6.45, 7) is 3.19. The van der Waals surface area contributed by atoms with Gasteiger partial charge in [-0.15, -0.1) is 15.0 Å². The fourth-order valence-corrected chi connectivity index (χ4v) is 3.00. The van der Waals surface area contributed by atoms with Gasteiger partial charge < -0.3 is 19.7 Å². The molecule has 2 N–H and O–H groups in total. The molecule has 0 unspecified atom stereocenters. The van der Waals surface area contributed by atoms with Crippen molar-refractivity contribution in [3.8, 4) is 35.5 Å². The smallest absolute Gasteiger partial charge is 0.233 e. The summed E-state index contributed by atoms with van der Waals surface area (Å²) in [4.78, 5) is 9.61. The van der Waals surface area contributed by atoms with Crippen LogP contribution in [0.5, 0.6) is 11.8 Å². The molecule has 4 heterocycles. The number of hydrogen-bond donors (Lipinski definition) is 2. The van der Waals surface area contributed by atoms with Crippen molar-refractivity contribution in [3.05, 3.63) is 58.2 Å². The van der Waals surface area contributed by atoms with Crippen molar-refractivity contribution in [2.75, 3.05) is 14.2 Å². The van der Waals surface area contributed by atoms with Crippen molar-refractivity contribution in [1.29, 1.82) is 10.5 Å². The zero-order valence-electron chi connectivity index (χ0n) is 19.9. The van der Waals surface area contributed by atoms with Gasteiger partial charge in [0.25, 0.3) is 0 Å². The molecule has 0 fully saturated rings. The average molecular weight is 490 g/mol. The van der Waals surface area contributed by atoms with Crippen LogP contribution in [0.2, 0.25) is 0 Å². The molecule has 0 aliphatic carbocycles. The van der Waals surface area contributed by atoms with E-state index in [-0.39, 0.29) is 25.0 Å². The number of aliphatic hydroxyl groups excluding tert-OH is 2. The van der Waals surface area contributed by atoms with Gasteiger partial charge in [0, 0.05) is 0 Å². The van der Waals surface area contributed by atoms with Crippen molar-refractivity contribution in [2.45, 2.75) is 27.1 Å². The van der Waals surface area contributed by atoms with Crippen LogP contribution in [-0.2, 0) is 13.2 Å². The van der Waals surface area contributed by atoms with Crippen LogP contribution in [0.3, 0.4) is 0 Å². The molecule has 0 amide bonds. The third-order valence-electron chi connectivity index (χ3n) is 4.79. The third kappa shape index (κ3) is 5.41. The minimum Gasteiger partial charge on any atom is -0.480 e. The van der Waals surface area contributed by atoms with Crippen LogP contribution < -0.4 is 9.47 Å². The summed E-state index contributed by atoms with van der Waals surface area (Å²) in [6, 6.07) is 7.46. The highest BCUT2D eigenvalue weighted by Crippen LogP contribution is 2.22. The molecule has 0 radical (unpaired) electrons. The lowest BCUT2D eigenvalue weighted by molar-refractivity contribution is 0.276. The molecule has 14 heteroatoms. The van der Waals surface area contributed by atoms with Crippen molar-refractivity contribution >= 4 is 0 Å². The SMILES string of the molecule is COc1nc(-n2cc(CO)nn2)cc(C)c1C#N.COc1nc(-n2ncc(CO)n2)cc(C)c1C#N. The van der Waals surface area contributed by atoms with Gasteiger partial charge in [-0.1, -0.05) is 5.21 Å². The summed E-state index contributed by atoms with van der Waals surface area (Å²) >= 11 is 0. The maximum absolute atomic E-state index is 9.00. The highest BCUT2D eigenvalue weighted by atomic mass is 16.5. The van der Waals surface area contributed by atoms with Gasteiger partial charge in [0.05, 0.1) is 39.8 Å². The summed E-state index contributed by atoms with van der Waals surface area (Å²) in [7, 11) is 2.90. The van der Waals surface area contributed by atoms with Crippen molar-refractivity contribution in [2.24, 2.45) is 0 Å². The summed E-state index contributed by atoms with van der Waals surface area (Å²) in [5, 5.41) is 51.4. The Morgan fingerprint density at radius 2 is 1.44 bits per heavy atom. The lowest BCUT2D eigenvalue weighted by Gasteiger charge is -2.07. The predicted octanol–water partition coefficient (Wildman–Crippen LogP) is 0.687. The van der Waals surface area contributed by atoms with E-state index >= 15 is 0 Å². The second-order valence-corrected chi connectivity index (χ2v) is 7.18. The zero-order valence-corrected chi connectivity index (χ0v) is 19.9. The molecule has 0 spiro atoms. The quantitative estimate of drug-likeness (QED) is 0.384. The van der Waals surface area contributed by atoms with Gasteiger partial charge in [-0.05, 0) is 37.1 Å². The van der Waals surface area contributed by atoms with E-state index in [1.165, 1.54) is 29.9 Å². The monoisotopic (exact) mass is 490 g/mol. The van der Waals surface area contributed by atoms with Crippen molar-refractivity contribution in [3.63, 3.8) is 0 Å². The Hall–Kier alpha value is -4.92. The fourth-order valence-electron chi connectivity index (χ4n) is 3.00. The number of nitriles is 2. The molecule has 184 valence electrons. The third-order valence-corrected chi connectivity index (χ3v) is 4.79. The predicted molar refractivity (Wildman–Crippen MR) is 122 cm³/mol. The van der Waals surface area contributed by atoms with E-state index in [0.29, 0.717) is 34.2 Å². The average Bonchev–Trinajstić information content (AvgIpc) is 3.58. The number of pyridine rings is 2. The van der Waals surface area contributed by atoms with Gasteiger partial charge in [-0.2, -0.15) is 25.6 Å². The summed E-state index contributed by atoms with van der Waals surface area (Å²) in [5.74, 6) is 1.39. The normalized spacial score (nSPS) is 10.1. The lowest BCUT2D eigenvalue weighted by Crippen LogP contribution is -2.06. The first-order chi connectivity index (χ1) is 17.4. The number of methoxy groups -OCH3 is 2. The first-order valence-corrected chi connectivity index (χ1v) is 10.3. The minimum atomic E-state index is -0.188. The largest absolute Gasteiger partial charge is 0.480 e. The highest BCUT2D eigenvalue weighted by Gasteiger charge is 2.14. The van der Waals surface area contributed by atoms with E-state index in [1.54, 1.807) is 32.2 Å². The van der Waals surface area contributed by atoms with E-state index in [2.05, 4.69) is 30.5 Å². The van der Waals surface area contributed by atoms with Crippen molar-refractivity contribution < 1.29 is 19.7 Å². The summed E-state index contributed by atoms with van der Waals surface area (Å²) in [6.07, 6.45) is 3.01. The number of aromatic nitrogens is 8. The van der Waals surface area contributed by atoms with E-state index in [4.69, 9.17) is 30.2 Å². The highest BCUT2D eigenvalue weighted by molar-refractivity contribution is 5.49. The van der Waals surface area contributed by atoms with Gasteiger partial charge in [-0.25, -0.2) is 4.68 Å². The molecule has 4 aromatic heterocycles. The molecule has 14 nitrogen and oxygen atoms in total. The Kier molecular flexibility index (Phi) is 8.19. The van der Waals surface area contributed by atoms with Crippen LogP contribution in [0.15, 0.2) is 24.5 Å². The maximum atomic E-state index is 9.00. The molecule has 0 bridgehead atoms. The van der Waals surface area contributed by atoms with Gasteiger partial charge in [0.2, 0.25) is 11.8 Å². The fraction of sp³-hybridized carbons (Fsp3) is 0.273. The Labute approximate surface area is 205 Å². The molecule has 0 saturated carbocycles. The van der Waals surface area contributed by atoms with Crippen LogP contribution in [0.4, 0.5) is 0 Å². The molecule has 4 aromatic rings. The molecule has 0 aliphatic rings. The number of aryl methyl sites for hydroxylation is 2. The van der Waals surface area contributed by atoms with Crippen LogP contribution in [0.25, 0.3) is 11.6 Å². The molecule has 4 rings (SSSR count). The molecule has 0 atom stereocenters. The van der Waals surface area contributed by atoms with Crippen molar-refractivity contribution in [1.82, 2.24) is 40.0 Å². The Morgan fingerprint density at radius 1 is 0.889 bits per heavy atom. The van der Waals surface area contributed by atoms with Gasteiger partial charge in [0.1, 0.15) is 34.7 Å². The van der Waals surface area contributed by atoms with Crippen LogP contribution in [0.1, 0.15) is 33.6 Å². The van der Waals surface area contributed by atoms with E-state index in [0.717, 1.165) is 11.1 Å². The Bertz CT molecular complexity index is 1340. The molecule has 36 heavy (non-hydrogen) atoms. The second-order valence-electron chi connectivity index (χ2n) is 7.18. The summed E-state index contributed by atoms with van der Waals surface area (Å²) in [5.41, 5.74) is 3.12. The maximum Gasteiger partial charge on any atom is 0.233 e. The van der Waals surface area contributed by atoms with Crippen LogP contribution in [0, 0.1) is 36.5 Å². The molecular weight excluding hydrogens is 468 g/mol. The standard InChI is InChI=1S/2C11H11N5O2/c1-7-3-10(13-11(18-2)9(7)4-12)16-5-8(6-17)14-15-16;1-7-3-10(14-11(18-2)9(7)4-12)16-13-5-8(6-17)15-16/h2*3,5,17H,6H2,1-2H3. The minimum absolute atomic E-state index is 0.188. The Morgan fingerprint density at radius 3 is 1.92 bits per heavy atom. The van der Waals surface area contributed by atoms with E-state index < -0.39 is 0 Å². The van der Waals surface area contributed by atoms with E-state index in [1.807, 2.05) is 12.1 Å². The molecule has 0 aromatic carbocycles. The second kappa shape index (κ2) is 11.5. The molecule has 0 aliphatic heterocycles.